The summed E-state index contributed by atoms with van der Waals surface area (Å²) in [5, 5.41) is 2.48. The van der Waals surface area contributed by atoms with Gasteiger partial charge in [0.2, 0.25) is 15.9 Å². The number of fused-ring (bicyclic) bond motifs is 1. The van der Waals surface area contributed by atoms with E-state index < -0.39 is 33.6 Å². The Labute approximate surface area is 150 Å². The van der Waals surface area contributed by atoms with Crippen LogP contribution in [0.5, 0.6) is 0 Å². The minimum Gasteiger partial charge on any atom is -0.325 e. The van der Waals surface area contributed by atoms with Crippen LogP contribution in [0.4, 0.5) is 14.5 Å². The normalized spacial score (nSPS) is 17.6. The summed E-state index contributed by atoms with van der Waals surface area (Å²) in [5.41, 5.74) is 1.81. The van der Waals surface area contributed by atoms with Gasteiger partial charge >= 0.3 is 0 Å². The summed E-state index contributed by atoms with van der Waals surface area (Å²) in [4.78, 5) is 12.7. The molecule has 1 N–H and O–H groups in total. The molecule has 0 aromatic heterocycles. The molecule has 0 saturated carbocycles. The number of hydrogen-bond donors (Lipinski definition) is 1. The van der Waals surface area contributed by atoms with Crippen LogP contribution in [0.2, 0.25) is 0 Å². The maximum absolute atomic E-state index is 13.4. The molecule has 1 aliphatic rings. The first-order valence-corrected chi connectivity index (χ1v) is 9.75. The van der Waals surface area contributed by atoms with Gasteiger partial charge in [-0.2, -0.15) is 4.31 Å². The molecule has 5 nitrogen and oxygen atoms in total. The Balaban J connectivity index is 1.91. The smallest absolute Gasteiger partial charge is 0.243 e. The molecule has 2 aromatic carbocycles. The van der Waals surface area contributed by atoms with Crippen molar-refractivity contribution in [3.8, 4) is 0 Å². The molecule has 138 valence electrons. The van der Waals surface area contributed by atoms with Crippen LogP contribution in [0.1, 0.15) is 18.1 Å². The summed E-state index contributed by atoms with van der Waals surface area (Å²) >= 11 is 0. The predicted molar refractivity (Wildman–Crippen MR) is 93.9 cm³/mol. The Kier molecular flexibility index (Phi) is 5.06. The van der Waals surface area contributed by atoms with E-state index in [1.165, 1.54) is 17.3 Å². The number of nitrogens with zero attached hydrogens (tertiary/aromatic N) is 1. The maximum atomic E-state index is 13.4. The Hall–Kier alpha value is -2.32. The molecule has 0 unspecified atom stereocenters. The van der Waals surface area contributed by atoms with Gasteiger partial charge in [0.25, 0.3) is 0 Å². The lowest BCUT2D eigenvalue weighted by Gasteiger charge is -2.34. The molecule has 26 heavy (non-hydrogen) atoms. The van der Waals surface area contributed by atoms with Crippen LogP contribution in [0.3, 0.4) is 0 Å². The topological polar surface area (TPSA) is 66.5 Å². The van der Waals surface area contributed by atoms with E-state index in [1.54, 1.807) is 0 Å². The lowest BCUT2D eigenvalue weighted by atomic mass is 9.95. The fourth-order valence-corrected chi connectivity index (χ4v) is 4.21. The van der Waals surface area contributed by atoms with E-state index in [4.69, 9.17) is 0 Å². The van der Waals surface area contributed by atoms with Gasteiger partial charge in [0.1, 0.15) is 6.04 Å². The number of halogens is 2. The highest BCUT2D eigenvalue weighted by atomic mass is 32.2. The highest BCUT2D eigenvalue weighted by Gasteiger charge is 2.37. The maximum Gasteiger partial charge on any atom is 0.243 e. The van der Waals surface area contributed by atoms with E-state index in [-0.39, 0.29) is 24.4 Å². The van der Waals surface area contributed by atoms with Crippen molar-refractivity contribution < 1.29 is 22.0 Å². The van der Waals surface area contributed by atoms with Crippen LogP contribution in [-0.4, -0.2) is 30.4 Å². The zero-order valence-corrected chi connectivity index (χ0v) is 14.9. The molecule has 0 radical (unpaired) electrons. The molecule has 1 aliphatic heterocycles. The third kappa shape index (κ3) is 3.61. The standard InChI is InChI=1S/C18H18F2N2O3S/c1-2-26(24,25)22-11-13-6-4-3-5-12(13)9-17(22)18(23)21-14-7-8-15(19)16(20)10-14/h3-8,10,17H,2,9,11H2,1H3,(H,21,23)/t17-/m1/s1. The van der Waals surface area contributed by atoms with Gasteiger partial charge in [0.15, 0.2) is 11.6 Å². The molecule has 2 aromatic rings. The van der Waals surface area contributed by atoms with Gasteiger partial charge in [-0.25, -0.2) is 17.2 Å². The van der Waals surface area contributed by atoms with Crippen molar-refractivity contribution in [3.63, 3.8) is 0 Å². The first kappa shape index (κ1) is 18.5. The van der Waals surface area contributed by atoms with Crippen molar-refractivity contribution in [2.75, 3.05) is 11.1 Å². The molecule has 1 amide bonds. The third-order valence-electron chi connectivity index (χ3n) is 4.42. The number of hydrogen-bond acceptors (Lipinski definition) is 3. The second kappa shape index (κ2) is 7.13. The summed E-state index contributed by atoms with van der Waals surface area (Å²) in [6, 6.07) is 9.36. The summed E-state index contributed by atoms with van der Waals surface area (Å²) in [7, 11) is -3.63. The number of carbonyl (C=O) groups is 1. The van der Waals surface area contributed by atoms with Gasteiger partial charge in [0, 0.05) is 18.3 Å². The number of anilines is 1. The van der Waals surface area contributed by atoms with Gasteiger partial charge in [-0.15, -0.1) is 0 Å². The Morgan fingerprint density at radius 3 is 2.50 bits per heavy atom. The van der Waals surface area contributed by atoms with Crippen LogP contribution in [0.15, 0.2) is 42.5 Å². The minimum atomic E-state index is -3.63. The van der Waals surface area contributed by atoms with E-state index in [0.717, 1.165) is 23.3 Å². The van der Waals surface area contributed by atoms with Crippen molar-refractivity contribution in [2.24, 2.45) is 0 Å². The quantitative estimate of drug-likeness (QED) is 0.887. The monoisotopic (exact) mass is 380 g/mol. The van der Waals surface area contributed by atoms with E-state index in [9.17, 15) is 22.0 Å². The van der Waals surface area contributed by atoms with E-state index >= 15 is 0 Å². The average molecular weight is 380 g/mol. The van der Waals surface area contributed by atoms with E-state index in [1.807, 2.05) is 24.3 Å². The molecule has 1 heterocycles. The zero-order valence-electron chi connectivity index (χ0n) is 14.1. The molecule has 8 heteroatoms. The highest BCUT2D eigenvalue weighted by molar-refractivity contribution is 7.89. The van der Waals surface area contributed by atoms with Gasteiger partial charge < -0.3 is 5.32 Å². The van der Waals surface area contributed by atoms with Crippen LogP contribution >= 0.6 is 0 Å². The summed E-state index contributed by atoms with van der Waals surface area (Å²) in [6.45, 7) is 1.61. The van der Waals surface area contributed by atoms with Crippen LogP contribution < -0.4 is 5.32 Å². The van der Waals surface area contributed by atoms with Crippen LogP contribution in [0.25, 0.3) is 0 Å². The number of amides is 1. The average Bonchev–Trinajstić information content (AvgIpc) is 2.63. The SMILES string of the molecule is CCS(=O)(=O)N1Cc2ccccc2C[C@@H]1C(=O)Nc1ccc(F)c(F)c1. The Morgan fingerprint density at radius 1 is 1.15 bits per heavy atom. The zero-order chi connectivity index (χ0) is 18.9. The number of benzene rings is 2. The molecular formula is C18H18F2N2O3S. The van der Waals surface area contributed by atoms with Crippen LogP contribution in [-0.2, 0) is 27.8 Å². The highest BCUT2D eigenvalue weighted by Crippen LogP contribution is 2.27. The fourth-order valence-electron chi connectivity index (χ4n) is 2.98. The van der Waals surface area contributed by atoms with Crippen molar-refractivity contribution in [2.45, 2.75) is 25.9 Å². The molecule has 3 rings (SSSR count). The second-order valence-electron chi connectivity index (χ2n) is 6.05. The molecule has 0 fully saturated rings. The fraction of sp³-hybridized carbons (Fsp3) is 0.278. The summed E-state index contributed by atoms with van der Waals surface area (Å²) in [6.07, 6.45) is 0.213. The number of nitrogens with one attached hydrogen (secondary N) is 1. The van der Waals surface area contributed by atoms with E-state index in [0.29, 0.717) is 0 Å². The summed E-state index contributed by atoms with van der Waals surface area (Å²) < 4.78 is 52.5. The van der Waals surface area contributed by atoms with Crippen molar-refractivity contribution in [1.82, 2.24) is 4.31 Å². The number of carbonyl (C=O) groups excluding carboxylic acids is 1. The summed E-state index contributed by atoms with van der Waals surface area (Å²) in [5.74, 6) is -2.83. The first-order valence-electron chi connectivity index (χ1n) is 8.14. The Bertz CT molecular complexity index is 947. The van der Waals surface area contributed by atoms with Gasteiger partial charge in [-0.3, -0.25) is 4.79 Å². The molecule has 1 atom stereocenters. The lowest BCUT2D eigenvalue weighted by Crippen LogP contribution is -2.51. The molecule has 0 spiro atoms. The number of rotatable bonds is 4. The van der Waals surface area contributed by atoms with E-state index in [2.05, 4.69) is 5.32 Å². The molecule has 0 bridgehead atoms. The molecular weight excluding hydrogens is 362 g/mol. The minimum absolute atomic E-state index is 0.0709. The van der Waals surface area contributed by atoms with Gasteiger partial charge in [0.05, 0.1) is 5.75 Å². The van der Waals surface area contributed by atoms with Gasteiger partial charge in [-0.1, -0.05) is 24.3 Å². The molecule has 0 aliphatic carbocycles. The second-order valence-corrected chi connectivity index (χ2v) is 8.26. The van der Waals surface area contributed by atoms with Gasteiger partial charge in [-0.05, 0) is 36.6 Å². The lowest BCUT2D eigenvalue weighted by molar-refractivity contribution is -0.120. The van der Waals surface area contributed by atoms with Crippen molar-refractivity contribution >= 4 is 21.6 Å². The first-order chi connectivity index (χ1) is 12.3. The molecule has 0 saturated heterocycles. The van der Waals surface area contributed by atoms with Crippen molar-refractivity contribution in [1.29, 1.82) is 0 Å². The number of sulfonamides is 1. The Morgan fingerprint density at radius 2 is 1.85 bits per heavy atom. The van der Waals surface area contributed by atoms with Crippen molar-refractivity contribution in [3.05, 3.63) is 65.2 Å². The predicted octanol–water partition coefficient (Wildman–Crippen LogP) is 2.68. The third-order valence-corrected chi connectivity index (χ3v) is 6.25. The largest absolute Gasteiger partial charge is 0.325 e. The van der Waals surface area contributed by atoms with Crippen LogP contribution in [0, 0.1) is 11.6 Å².